The maximum Gasteiger partial charge on any atom is 0.253 e. The first-order valence-electron chi connectivity index (χ1n) is 11.1. The third kappa shape index (κ3) is 4.86. The standard InChI is InChI=1S/C24H29Cl2FN2O/c1-15-18(24(30)28-13-16-8-9-16)11-23(19-10-22(27)21(26)12-20(19)25)29(15)14-17-6-4-2-3-5-7-17/h10-12,16-17H,2-9,13-14H2,1H3,(H,28,30). The van der Waals surface area contributed by atoms with Crippen LogP contribution in [0.2, 0.25) is 10.0 Å². The second kappa shape index (κ2) is 9.32. The van der Waals surface area contributed by atoms with E-state index < -0.39 is 5.82 Å². The number of carbonyl (C=O) groups is 1. The van der Waals surface area contributed by atoms with Gasteiger partial charge in [-0.05, 0) is 62.6 Å². The van der Waals surface area contributed by atoms with Gasteiger partial charge in [0, 0.05) is 24.3 Å². The monoisotopic (exact) mass is 450 g/mol. The highest BCUT2D eigenvalue weighted by atomic mass is 35.5. The topological polar surface area (TPSA) is 34.0 Å². The summed E-state index contributed by atoms with van der Waals surface area (Å²) in [6.07, 6.45) is 9.80. The lowest BCUT2D eigenvalue weighted by atomic mass is 10.00. The number of benzene rings is 1. The molecule has 2 fully saturated rings. The molecule has 0 aliphatic heterocycles. The first kappa shape index (κ1) is 21.7. The summed E-state index contributed by atoms with van der Waals surface area (Å²) in [6, 6.07) is 4.69. The van der Waals surface area contributed by atoms with E-state index in [-0.39, 0.29) is 10.9 Å². The molecule has 1 aromatic carbocycles. The molecule has 30 heavy (non-hydrogen) atoms. The first-order valence-corrected chi connectivity index (χ1v) is 11.8. The van der Waals surface area contributed by atoms with Crippen molar-refractivity contribution in [2.24, 2.45) is 11.8 Å². The third-order valence-corrected chi connectivity index (χ3v) is 7.16. The Hall–Kier alpha value is -1.52. The van der Waals surface area contributed by atoms with Crippen molar-refractivity contribution in [3.05, 3.63) is 45.3 Å². The molecule has 2 saturated carbocycles. The Bertz CT molecular complexity index is 928. The fraction of sp³-hybridized carbons (Fsp3) is 0.542. The Kier molecular flexibility index (Phi) is 6.74. The summed E-state index contributed by atoms with van der Waals surface area (Å²) in [5, 5.41) is 3.46. The van der Waals surface area contributed by atoms with Gasteiger partial charge in [-0.1, -0.05) is 48.9 Å². The summed E-state index contributed by atoms with van der Waals surface area (Å²) in [5.74, 6) is 0.596. The molecule has 0 saturated heterocycles. The third-order valence-electron chi connectivity index (χ3n) is 6.56. The molecule has 0 unspecified atom stereocenters. The number of nitrogens with zero attached hydrogens (tertiary/aromatic N) is 1. The van der Waals surface area contributed by atoms with Crippen molar-refractivity contribution in [1.29, 1.82) is 0 Å². The van der Waals surface area contributed by atoms with E-state index in [0.29, 0.717) is 28.0 Å². The minimum atomic E-state index is -0.504. The van der Waals surface area contributed by atoms with Crippen molar-refractivity contribution in [1.82, 2.24) is 9.88 Å². The normalized spacial score (nSPS) is 17.7. The van der Waals surface area contributed by atoms with Crippen LogP contribution in [0.5, 0.6) is 0 Å². The predicted molar refractivity (Wildman–Crippen MR) is 121 cm³/mol. The lowest BCUT2D eigenvalue weighted by molar-refractivity contribution is 0.0951. The summed E-state index contributed by atoms with van der Waals surface area (Å²) >= 11 is 12.4. The number of amides is 1. The van der Waals surface area contributed by atoms with Gasteiger partial charge in [0.15, 0.2) is 0 Å². The van der Waals surface area contributed by atoms with Crippen molar-refractivity contribution in [3.8, 4) is 11.3 Å². The fourth-order valence-corrected chi connectivity index (χ4v) is 4.99. The predicted octanol–water partition coefficient (Wildman–Crippen LogP) is 7.02. The molecule has 2 aliphatic rings. The number of hydrogen-bond acceptors (Lipinski definition) is 1. The molecule has 162 valence electrons. The van der Waals surface area contributed by atoms with Gasteiger partial charge in [0.1, 0.15) is 5.82 Å². The van der Waals surface area contributed by atoms with Gasteiger partial charge in [0.25, 0.3) is 5.91 Å². The van der Waals surface area contributed by atoms with Crippen LogP contribution in [0.15, 0.2) is 18.2 Å². The molecule has 0 spiro atoms. The molecule has 0 radical (unpaired) electrons. The summed E-state index contributed by atoms with van der Waals surface area (Å²) in [6.45, 7) is 3.52. The molecule has 4 rings (SSSR count). The number of aromatic nitrogens is 1. The molecule has 1 amide bonds. The lowest BCUT2D eigenvalue weighted by Gasteiger charge is -2.20. The highest BCUT2D eigenvalue weighted by Crippen LogP contribution is 2.36. The zero-order chi connectivity index (χ0) is 21.3. The van der Waals surface area contributed by atoms with Gasteiger partial charge in [0.2, 0.25) is 0 Å². The van der Waals surface area contributed by atoms with Crippen LogP contribution < -0.4 is 5.32 Å². The van der Waals surface area contributed by atoms with Crippen LogP contribution in [0.4, 0.5) is 4.39 Å². The Morgan fingerprint density at radius 1 is 1.03 bits per heavy atom. The number of nitrogens with one attached hydrogen (secondary N) is 1. The summed E-state index contributed by atoms with van der Waals surface area (Å²) < 4.78 is 16.5. The van der Waals surface area contributed by atoms with Crippen molar-refractivity contribution in [2.75, 3.05) is 6.54 Å². The van der Waals surface area contributed by atoms with Gasteiger partial charge in [-0.2, -0.15) is 0 Å². The average Bonchev–Trinajstić information content (AvgIpc) is 3.52. The SMILES string of the molecule is Cc1c(C(=O)NCC2CC2)cc(-c2cc(F)c(Cl)cc2Cl)n1CC1CCCCCC1. The van der Waals surface area contributed by atoms with Gasteiger partial charge in [-0.3, -0.25) is 4.79 Å². The Morgan fingerprint density at radius 2 is 1.73 bits per heavy atom. The van der Waals surface area contributed by atoms with Gasteiger partial charge in [-0.15, -0.1) is 0 Å². The maximum absolute atomic E-state index is 14.3. The molecule has 2 aliphatic carbocycles. The molecule has 6 heteroatoms. The number of halogens is 3. The average molecular weight is 451 g/mol. The van der Waals surface area contributed by atoms with Gasteiger partial charge >= 0.3 is 0 Å². The van der Waals surface area contributed by atoms with Gasteiger partial charge in [0.05, 0.1) is 21.3 Å². The second-order valence-corrected chi connectivity index (χ2v) is 9.71. The molecule has 0 bridgehead atoms. The van der Waals surface area contributed by atoms with Gasteiger partial charge in [-0.25, -0.2) is 4.39 Å². The van der Waals surface area contributed by atoms with E-state index in [1.165, 1.54) is 63.5 Å². The van der Waals surface area contributed by atoms with E-state index in [1.807, 2.05) is 13.0 Å². The summed E-state index contributed by atoms with van der Waals surface area (Å²) in [5.41, 5.74) is 2.92. The van der Waals surface area contributed by atoms with Crippen molar-refractivity contribution in [3.63, 3.8) is 0 Å². The number of carbonyl (C=O) groups excluding carboxylic acids is 1. The summed E-state index contributed by atoms with van der Waals surface area (Å²) in [4.78, 5) is 12.9. The number of rotatable bonds is 6. The zero-order valence-corrected chi connectivity index (χ0v) is 19.0. The fourth-order valence-electron chi connectivity index (χ4n) is 4.51. The Morgan fingerprint density at radius 3 is 2.40 bits per heavy atom. The van der Waals surface area contributed by atoms with Crippen molar-refractivity contribution >= 4 is 29.1 Å². The van der Waals surface area contributed by atoms with Crippen LogP contribution in [0.1, 0.15) is 67.4 Å². The van der Waals surface area contributed by atoms with Crippen LogP contribution in [0.3, 0.4) is 0 Å². The number of hydrogen-bond donors (Lipinski definition) is 1. The zero-order valence-electron chi connectivity index (χ0n) is 17.4. The molecular weight excluding hydrogens is 422 g/mol. The highest BCUT2D eigenvalue weighted by molar-refractivity contribution is 6.36. The minimum absolute atomic E-state index is 0.00439. The van der Waals surface area contributed by atoms with Crippen LogP contribution in [0, 0.1) is 24.6 Å². The van der Waals surface area contributed by atoms with E-state index in [0.717, 1.165) is 24.5 Å². The molecular formula is C24H29Cl2FN2O. The second-order valence-electron chi connectivity index (χ2n) is 8.90. The molecule has 1 N–H and O–H groups in total. The van der Waals surface area contributed by atoms with E-state index in [9.17, 15) is 9.18 Å². The van der Waals surface area contributed by atoms with E-state index >= 15 is 0 Å². The summed E-state index contributed by atoms with van der Waals surface area (Å²) in [7, 11) is 0. The van der Waals surface area contributed by atoms with Crippen LogP contribution >= 0.6 is 23.2 Å². The smallest absolute Gasteiger partial charge is 0.253 e. The minimum Gasteiger partial charge on any atom is -0.352 e. The van der Waals surface area contributed by atoms with Crippen molar-refractivity contribution in [2.45, 2.75) is 64.8 Å². The van der Waals surface area contributed by atoms with Crippen LogP contribution in [-0.2, 0) is 6.54 Å². The van der Waals surface area contributed by atoms with E-state index in [4.69, 9.17) is 23.2 Å². The highest BCUT2D eigenvalue weighted by Gasteiger charge is 2.26. The first-order chi connectivity index (χ1) is 14.4. The molecule has 0 atom stereocenters. The van der Waals surface area contributed by atoms with E-state index in [2.05, 4.69) is 9.88 Å². The lowest BCUT2D eigenvalue weighted by Crippen LogP contribution is -2.26. The largest absolute Gasteiger partial charge is 0.352 e. The molecule has 2 aromatic rings. The van der Waals surface area contributed by atoms with Crippen LogP contribution in [0.25, 0.3) is 11.3 Å². The Labute approximate surface area is 187 Å². The van der Waals surface area contributed by atoms with Crippen molar-refractivity contribution < 1.29 is 9.18 Å². The van der Waals surface area contributed by atoms with Crippen LogP contribution in [-0.4, -0.2) is 17.0 Å². The quantitative estimate of drug-likeness (QED) is 0.372. The molecule has 3 nitrogen and oxygen atoms in total. The Balaban J connectivity index is 1.71. The van der Waals surface area contributed by atoms with Gasteiger partial charge < -0.3 is 9.88 Å². The molecule has 1 heterocycles. The van der Waals surface area contributed by atoms with E-state index in [1.54, 1.807) is 0 Å². The molecule has 1 aromatic heterocycles. The maximum atomic E-state index is 14.3.